The molecule has 7 heteroatoms. The summed E-state index contributed by atoms with van der Waals surface area (Å²) in [6, 6.07) is 1.36. The maximum Gasteiger partial charge on any atom is 0.242 e. The van der Waals surface area contributed by atoms with Crippen molar-refractivity contribution in [2.24, 2.45) is 5.73 Å². The van der Waals surface area contributed by atoms with Crippen LogP contribution in [0.1, 0.15) is 19.2 Å². The van der Waals surface area contributed by atoms with E-state index in [9.17, 15) is 4.79 Å². The highest BCUT2D eigenvalue weighted by Gasteiger charge is 2.29. The van der Waals surface area contributed by atoms with Gasteiger partial charge >= 0.3 is 0 Å². The number of nitrogens with two attached hydrogens (primary N) is 1. The van der Waals surface area contributed by atoms with Crippen LogP contribution in [0.3, 0.4) is 0 Å². The molecule has 0 aromatic carbocycles. The monoisotopic (exact) mass is 279 g/mol. The lowest BCUT2D eigenvalue weighted by atomic mass is 10.2. The smallest absolute Gasteiger partial charge is 0.242 e. The molecule has 1 aromatic heterocycles. The fourth-order valence-corrected chi connectivity index (χ4v) is 2.21. The number of anilines is 2. The number of morpholine rings is 1. The number of ether oxygens (including phenoxy) is 1. The molecule has 20 heavy (non-hydrogen) atoms. The normalized spacial score (nSPS) is 18.9. The number of aromatic nitrogens is 2. The molecule has 2 rings (SSSR count). The van der Waals surface area contributed by atoms with Crippen LogP contribution in [-0.2, 0) is 16.0 Å². The zero-order valence-electron chi connectivity index (χ0n) is 11.9. The van der Waals surface area contributed by atoms with E-state index in [-0.39, 0.29) is 0 Å². The predicted molar refractivity (Wildman–Crippen MR) is 76.7 cm³/mol. The van der Waals surface area contributed by atoms with Crippen molar-refractivity contribution in [3.05, 3.63) is 11.9 Å². The van der Waals surface area contributed by atoms with E-state index in [1.807, 2.05) is 18.0 Å². The van der Waals surface area contributed by atoms with Crippen molar-refractivity contribution in [2.45, 2.75) is 25.8 Å². The molecule has 1 saturated heterocycles. The number of primary amides is 1. The first kappa shape index (κ1) is 14.5. The Morgan fingerprint density at radius 3 is 3.05 bits per heavy atom. The highest BCUT2D eigenvalue weighted by atomic mass is 16.5. The van der Waals surface area contributed by atoms with Gasteiger partial charge in [0, 0.05) is 26.1 Å². The molecule has 0 aliphatic carbocycles. The van der Waals surface area contributed by atoms with Crippen LogP contribution in [0, 0.1) is 0 Å². The van der Waals surface area contributed by atoms with Crippen LogP contribution in [0.5, 0.6) is 0 Å². The fourth-order valence-electron chi connectivity index (χ4n) is 2.21. The standard InChI is InChI=1S/C13H21N5O2/c1-3-4-10-16-11(15-2)7-12(17-10)18-5-6-20-8-9(18)13(14)19/h7,9H,3-6,8H2,1-2H3,(H2,14,19)(H,15,16,17). The van der Waals surface area contributed by atoms with Crippen molar-refractivity contribution in [2.75, 3.05) is 37.0 Å². The Morgan fingerprint density at radius 1 is 1.60 bits per heavy atom. The second kappa shape index (κ2) is 6.51. The minimum Gasteiger partial charge on any atom is -0.377 e. The second-order valence-corrected chi connectivity index (χ2v) is 4.71. The molecule has 2 heterocycles. The third kappa shape index (κ3) is 3.16. The van der Waals surface area contributed by atoms with E-state index >= 15 is 0 Å². The van der Waals surface area contributed by atoms with Crippen LogP contribution >= 0.6 is 0 Å². The molecule has 110 valence electrons. The summed E-state index contributed by atoms with van der Waals surface area (Å²) in [4.78, 5) is 22.4. The van der Waals surface area contributed by atoms with Crippen molar-refractivity contribution in [3.63, 3.8) is 0 Å². The van der Waals surface area contributed by atoms with E-state index in [0.29, 0.717) is 19.8 Å². The van der Waals surface area contributed by atoms with Gasteiger partial charge in [-0.2, -0.15) is 0 Å². The molecule has 1 atom stereocenters. The summed E-state index contributed by atoms with van der Waals surface area (Å²) in [7, 11) is 1.81. The molecule has 1 unspecified atom stereocenters. The molecular weight excluding hydrogens is 258 g/mol. The number of amides is 1. The highest BCUT2D eigenvalue weighted by molar-refractivity contribution is 5.83. The number of hydrogen-bond donors (Lipinski definition) is 2. The van der Waals surface area contributed by atoms with E-state index < -0.39 is 11.9 Å². The summed E-state index contributed by atoms with van der Waals surface area (Å²) in [6.45, 7) is 3.54. The minimum atomic E-state index is -0.474. The first-order chi connectivity index (χ1) is 9.65. The third-order valence-corrected chi connectivity index (χ3v) is 3.24. The summed E-state index contributed by atoms with van der Waals surface area (Å²) in [5.41, 5.74) is 5.44. The van der Waals surface area contributed by atoms with Crippen LogP contribution in [-0.4, -0.2) is 48.7 Å². The molecule has 0 spiro atoms. The van der Waals surface area contributed by atoms with Crippen LogP contribution in [0.15, 0.2) is 6.07 Å². The lowest BCUT2D eigenvalue weighted by Gasteiger charge is -2.34. The van der Waals surface area contributed by atoms with Crippen molar-refractivity contribution in [3.8, 4) is 0 Å². The number of aryl methyl sites for hydroxylation is 1. The summed E-state index contributed by atoms with van der Waals surface area (Å²) >= 11 is 0. The molecule has 1 amide bonds. The average molecular weight is 279 g/mol. The van der Waals surface area contributed by atoms with Crippen molar-refractivity contribution < 1.29 is 9.53 Å². The Morgan fingerprint density at radius 2 is 2.40 bits per heavy atom. The van der Waals surface area contributed by atoms with Gasteiger partial charge in [0.05, 0.1) is 13.2 Å². The quantitative estimate of drug-likeness (QED) is 0.797. The van der Waals surface area contributed by atoms with Gasteiger partial charge in [0.15, 0.2) is 0 Å². The maximum atomic E-state index is 11.5. The average Bonchev–Trinajstić information content (AvgIpc) is 2.47. The van der Waals surface area contributed by atoms with Gasteiger partial charge in [0.2, 0.25) is 5.91 Å². The Balaban J connectivity index is 2.33. The first-order valence-electron chi connectivity index (χ1n) is 6.85. The molecule has 7 nitrogen and oxygen atoms in total. The Bertz CT molecular complexity index is 480. The summed E-state index contributed by atoms with van der Waals surface area (Å²) in [5, 5.41) is 3.02. The van der Waals surface area contributed by atoms with E-state index in [2.05, 4.69) is 22.2 Å². The van der Waals surface area contributed by atoms with E-state index in [4.69, 9.17) is 10.5 Å². The lowest BCUT2D eigenvalue weighted by molar-refractivity contribution is -0.121. The Kier molecular flexibility index (Phi) is 4.73. The fraction of sp³-hybridized carbons (Fsp3) is 0.615. The number of nitrogens with one attached hydrogen (secondary N) is 1. The van der Waals surface area contributed by atoms with E-state index in [1.165, 1.54) is 0 Å². The summed E-state index contributed by atoms with van der Waals surface area (Å²) < 4.78 is 5.33. The van der Waals surface area contributed by atoms with Crippen LogP contribution in [0.2, 0.25) is 0 Å². The van der Waals surface area contributed by atoms with E-state index in [0.717, 1.165) is 30.3 Å². The molecule has 1 aliphatic heterocycles. The van der Waals surface area contributed by atoms with Gasteiger partial charge in [-0.1, -0.05) is 6.92 Å². The second-order valence-electron chi connectivity index (χ2n) is 4.71. The summed E-state index contributed by atoms with van der Waals surface area (Å²) in [5.74, 6) is 1.84. The maximum absolute atomic E-state index is 11.5. The molecule has 0 saturated carbocycles. The summed E-state index contributed by atoms with van der Waals surface area (Å²) in [6.07, 6.45) is 1.77. The zero-order valence-corrected chi connectivity index (χ0v) is 11.9. The number of rotatable bonds is 5. The Labute approximate surface area is 118 Å². The molecule has 1 aliphatic rings. The van der Waals surface area contributed by atoms with Gasteiger partial charge in [-0.15, -0.1) is 0 Å². The van der Waals surface area contributed by atoms with Crippen LogP contribution in [0.4, 0.5) is 11.6 Å². The molecule has 3 N–H and O–H groups in total. The largest absolute Gasteiger partial charge is 0.377 e. The van der Waals surface area contributed by atoms with Gasteiger partial charge in [-0.05, 0) is 6.42 Å². The van der Waals surface area contributed by atoms with Gasteiger partial charge in [0.1, 0.15) is 23.5 Å². The predicted octanol–water partition coefficient (Wildman–Crippen LogP) is 0.161. The van der Waals surface area contributed by atoms with E-state index in [1.54, 1.807) is 0 Å². The number of nitrogens with zero attached hydrogens (tertiary/aromatic N) is 3. The Hall–Kier alpha value is -1.89. The molecule has 1 fully saturated rings. The highest BCUT2D eigenvalue weighted by Crippen LogP contribution is 2.20. The first-order valence-corrected chi connectivity index (χ1v) is 6.85. The van der Waals surface area contributed by atoms with Crippen LogP contribution in [0.25, 0.3) is 0 Å². The van der Waals surface area contributed by atoms with Gasteiger partial charge in [0.25, 0.3) is 0 Å². The van der Waals surface area contributed by atoms with Crippen molar-refractivity contribution >= 4 is 17.5 Å². The molecule has 0 radical (unpaired) electrons. The molecule has 0 bridgehead atoms. The van der Waals surface area contributed by atoms with Gasteiger partial charge < -0.3 is 20.7 Å². The molecular formula is C13H21N5O2. The van der Waals surface area contributed by atoms with Crippen molar-refractivity contribution in [1.82, 2.24) is 9.97 Å². The number of carbonyl (C=O) groups is 1. The topological polar surface area (TPSA) is 93.4 Å². The lowest BCUT2D eigenvalue weighted by Crippen LogP contribution is -2.53. The number of carbonyl (C=O) groups excluding carboxylic acids is 1. The van der Waals surface area contributed by atoms with Gasteiger partial charge in [-0.3, -0.25) is 4.79 Å². The third-order valence-electron chi connectivity index (χ3n) is 3.24. The SMILES string of the molecule is CCCc1nc(NC)cc(N2CCOCC2C(N)=O)n1. The zero-order chi connectivity index (χ0) is 14.5. The minimum absolute atomic E-state index is 0.303. The number of hydrogen-bond acceptors (Lipinski definition) is 6. The van der Waals surface area contributed by atoms with Crippen LogP contribution < -0.4 is 16.0 Å². The van der Waals surface area contributed by atoms with Crippen molar-refractivity contribution in [1.29, 1.82) is 0 Å². The van der Waals surface area contributed by atoms with Gasteiger partial charge in [-0.25, -0.2) is 9.97 Å². The molecule has 1 aromatic rings.